The average Bonchev–Trinajstić information content (AvgIpc) is 2.34. The first kappa shape index (κ1) is 14.3. The highest BCUT2D eigenvalue weighted by atomic mass is 19.3. The highest BCUT2D eigenvalue weighted by Crippen LogP contribution is 2.56. The lowest BCUT2D eigenvalue weighted by atomic mass is 9.60. The van der Waals surface area contributed by atoms with E-state index in [4.69, 9.17) is 0 Å². The molecule has 0 radical (unpaired) electrons. The fourth-order valence-electron chi connectivity index (χ4n) is 3.77. The van der Waals surface area contributed by atoms with Gasteiger partial charge in [-0.3, -0.25) is 0 Å². The molecule has 0 amide bonds. The van der Waals surface area contributed by atoms with Gasteiger partial charge in [-0.15, -0.1) is 0 Å². The number of rotatable bonds is 2. The van der Waals surface area contributed by atoms with E-state index >= 15 is 0 Å². The summed E-state index contributed by atoms with van der Waals surface area (Å²) >= 11 is 0. The zero-order chi connectivity index (χ0) is 13.4. The van der Waals surface area contributed by atoms with Gasteiger partial charge in [-0.25, -0.2) is 8.78 Å². The standard InChI is InChI=1S/C16H28F2/c1-14(2)9-11-15(3,12-10-14)16(17,18)13-7-5-4-6-8-13/h13H,4-12H2,1-3H3. The van der Waals surface area contributed by atoms with Crippen molar-refractivity contribution < 1.29 is 8.78 Å². The Kier molecular flexibility index (Phi) is 3.77. The molecule has 0 aromatic carbocycles. The van der Waals surface area contributed by atoms with Crippen LogP contribution in [0.2, 0.25) is 0 Å². The largest absolute Gasteiger partial charge is 0.256 e. The van der Waals surface area contributed by atoms with Gasteiger partial charge < -0.3 is 0 Å². The van der Waals surface area contributed by atoms with E-state index in [-0.39, 0.29) is 11.3 Å². The van der Waals surface area contributed by atoms with Crippen LogP contribution in [0, 0.1) is 16.7 Å². The maximum atomic E-state index is 14.8. The van der Waals surface area contributed by atoms with Crippen LogP contribution in [0.5, 0.6) is 0 Å². The third-order valence-electron chi connectivity index (χ3n) is 5.63. The molecule has 0 saturated heterocycles. The molecule has 0 atom stereocenters. The van der Waals surface area contributed by atoms with Crippen LogP contribution < -0.4 is 0 Å². The van der Waals surface area contributed by atoms with E-state index in [1.165, 1.54) is 0 Å². The van der Waals surface area contributed by atoms with Crippen LogP contribution in [-0.4, -0.2) is 5.92 Å². The Hall–Kier alpha value is -0.140. The van der Waals surface area contributed by atoms with Gasteiger partial charge in [-0.1, -0.05) is 40.0 Å². The molecule has 2 aliphatic carbocycles. The summed E-state index contributed by atoms with van der Waals surface area (Å²) in [5, 5.41) is 0. The molecule has 0 bridgehead atoms. The summed E-state index contributed by atoms with van der Waals surface area (Å²) in [5.41, 5.74) is -0.479. The summed E-state index contributed by atoms with van der Waals surface area (Å²) < 4.78 is 29.7. The van der Waals surface area contributed by atoms with Gasteiger partial charge in [0, 0.05) is 11.3 Å². The Morgan fingerprint density at radius 3 is 1.83 bits per heavy atom. The van der Waals surface area contributed by atoms with Crippen molar-refractivity contribution in [2.75, 3.05) is 0 Å². The van der Waals surface area contributed by atoms with Gasteiger partial charge >= 0.3 is 0 Å². The van der Waals surface area contributed by atoms with Crippen LogP contribution in [0.25, 0.3) is 0 Å². The smallest absolute Gasteiger partial charge is 0.206 e. The van der Waals surface area contributed by atoms with Crippen LogP contribution in [0.1, 0.15) is 78.6 Å². The summed E-state index contributed by atoms with van der Waals surface area (Å²) in [7, 11) is 0. The predicted molar refractivity (Wildman–Crippen MR) is 71.9 cm³/mol. The molecule has 2 aliphatic rings. The Morgan fingerprint density at radius 1 is 0.833 bits per heavy atom. The predicted octanol–water partition coefficient (Wildman–Crippen LogP) is 5.81. The summed E-state index contributed by atoms with van der Waals surface area (Å²) in [5.74, 6) is -2.80. The molecule has 2 rings (SSSR count). The fraction of sp³-hybridized carbons (Fsp3) is 1.00. The lowest BCUT2D eigenvalue weighted by Gasteiger charge is -2.48. The average molecular weight is 258 g/mol. The summed E-state index contributed by atoms with van der Waals surface area (Å²) in [6.45, 7) is 6.27. The van der Waals surface area contributed by atoms with Crippen molar-refractivity contribution in [3.05, 3.63) is 0 Å². The van der Waals surface area contributed by atoms with Crippen molar-refractivity contribution in [2.45, 2.75) is 84.5 Å². The van der Waals surface area contributed by atoms with Crippen molar-refractivity contribution in [3.8, 4) is 0 Å². The first-order valence-electron chi connectivity index (χ1n) is 7.65. The molecular formula is C16H28F2. The topological polar surface area (TPSA) is 0 Å². The van der Waals surface area contributed by atoms with E-state index in [1.807, 2.05) is 6.92 Å². The third-order valence-corrected chi connectivity index (χ3v) is 5.63. The second kappa shape index (κ2) is 4.76. The molecule has 0 aliphatic heterocycles. The Labute approximate surface area is 111 Å². The SMILES string of the molecule is CC1(C)CCC(C)(C(F)(F)C2CCCCC2)CC1. The molecular weight excluding hydrogens is 230 g/mol. The van der Waals surface area contributed by atoms with Crippen LogP contribution in [-0.2, 0) is 0 Å². The number of hydrogen-bond acceptors (Lipinski definition) is 0. The van der Waals surface area contributed by atoms with E-state index in [2.05, 4.69) is 13.8 Å². The Bertz CT molecular complexity index is 277. The lowest BCUT2D eigenvalue weighted by molar-refractivity contribution is -0.184. The molecule has 0 N–H and O–H groups in total. The van der Waals surface area contributed by atoms with E-state index < -0.39 is 11.3 Å². The van der Waals surface area contributed by atoms with Gasteiger partial charge in [0.1, 0.15) is 0 Å². The highest BCUT2D eigenvalue weighted by Gasteiger charge is 2.56. The summed E-state index contributed by atoms with van der Waals surface area (Å²) in [6, 6.07) is 0. The minimum atomic E-state index is -2.45. The Morgan fingerprint density at radius 2 is 1.33 bits per heavy atom. The van der Waals surface area contributed by atoms with Crippen molar-refractivity contribution in [1.82, 2.24) is 0 Å². The number of alkyl halides is 2. The van der Waals surface area contributed by atoms with Crippen molar-refractivity contribution >= 4 is 0 Å². The van der Waals surface area contributed by atoms with Crippen LogP contribution in [0.4, 0.5) is 8.78 Å². The van der Waals surface area contributed by atoms with E-state index in [0.29, 0.717) is 12.8 Å². The van der Waals surface area contributed by atoms with Crippen LogP contribution in [0.3, 0.4) is 0 Å². The second-order valence-corrected chi connectivity index (χ2v) is 7.68. The van der Waals surface area contributed by atoms with Gasteiger partial charge in [0.2, 0.25) is 0 Å². The monoisotopic (exact) mass is 258 g/mol. The highest BCUT2D eigenvalue weighted by molar-refractivity contribution is 4.98. The zero-order valence-corrected chi connectivity index (χ0v) is 12.2. The molecule has 106 valence electrons. The van der Waals surface area contributed by atoms with E-state index in [0.717, 1.165) is 44.9 Å². The number of hydrogen-bond donors (Lipinski definition) is 0. The van der Waals surface area contributed by atoms with Crippen LogP contribution >= 0.6 is 0 Å². The molecule has 2 fully saturated rings. The van der Waals surface area contributed by atoms with Crippen LogP contribution in [0.15, 0.2) is 0 Å². The molecule has 0 unspecified atom stereocenters. The fourth-order valence-corrected chi connectivity index (χ4v) is 3.77. The maximum absolute atomic E-state index is 14.8. The van der Waals surface area contributed by atoms with Gasteiger partial charge in [0.25, 0.3) is 5.92 Å². The minimum absolute atomic E-state index is 0.266. The van der Waals surface area contributed by atoms with Gasteiger partial charge in [-0.2, -0.15) is 0 Å². The molecule has 2 heteroatoms. The van der Waals surface area contributed by atoms with Gasteiger partial charge in [0.05, 0.1) is 0 Å². The zero-order valence-electron chi connectivity index (χ0n) is 12.2. The molecule has 0 aromatic heterocycles. The molecule has 0 heterocycles. The molecule has 0 nitrogen and oxygen atoms in total. The molecule has 18 heavy (non-hydrogen) atoms. The van der Waals surface area contributed by atoms with Crippen molar-refractivity contribution in [3.63, 3.8) is 0 Å². The quantitative estimate of drug-likeness (QED) is 0.586. The first-order chi connectivity index (χ1) is 8.27. The lowest BCUT2D eigenvalue weighted by Crippen LogP contribution is -2.48. The Balaban J connectivity index is 2.08. The van der Waals surface area contributed by atoms with Gasteiger partial charge in [-0.05, 0) is 43.9 Å². The van der Waals surface area contributed by atoms with E-state index in [9.17, 15) is 8.78 Å². The van der Waals surface area contributed by atoms with E-state index in [1.54, 1.807) is 0 Å². The first-order valence-corrected chi connectivity index (χ1v) is 7.65. The second-order valence-electron chi connectivity index (χ2n) is 7.68. The molecule has 0 aromatic rings. The summed E-state index contributed by atoms with van der Waals surface area (Å²) in [6.07, 6.45) is 7.93. The number of halogens is 2. The summed E-state index contributed by atoms with van der Waals surface area (Å²) in [4.78, 5) is 0. The van der Waals surface area contributed by atoms with Crippen molar-refractivity contribution in [2.24, 2.45) is 16.7 Å². The third kappa shape index (κ3) is 2.58. The maximum Gasteiger partial charge on any atom is 0.256 e. The van der Waals surface area contributed by atoms with Crippen molar-refractivity contribution in [1.29, 1.82) is 0 Å². The molecule has 0 spiro atoms. The minimum Gasteiger partial charge on any atom is -0.206 e. The normalized spacial score (nSPS) is 29.2. The molecule has 2 saturated carbocycles. The van der Waals surface area contributed by atoms with Gasteiger partial charge in [0.15, 0.2) is 0 Å².